The summed E-state index contributed by atoms with van der Waals surface area (Å²) in [5, 5.41) is 10.3. The minimum atomic E-state index is 0. The van der Waals surface area contributed by atoms with E-state index >= 15 is 0 Å². The van der Waals surface area contributed by atoms with Gasteiger partial charge in [0.25, 0.3) is 0 Å². The van der Waals surface area contributed by atoms with Crippen LogP contribution in [0.4, 0.5) is 0 Å². The molecule has 0 aliphatic carbocycles. The Hall–Kier alpha value is -0.680. The van der Waals surface area contributed by atoms with Crippen molar-refractivity contribution >= 4 is 33.9 Å². The number of rotatable bonds is 0. The first kappa shape index (κ1) is 10.4. The van der Waals surface area contributed by atoms with Crippen LogP contribution in [0.2, 0.25) is 0 Å². The summed E-state index contributed by atoms with van der Waals surface area (Å²) < 4.78 is 0. The number of amidine groups is 1. The molecule has 0 amide bonds. The Kier molecular flexibility index (Phi) is 3.22. The second-order valence-electron chi connectivity index (χ2n) is 2.45. The van der Waals surface area contributed by atoms with E-state index < -0.39 is 0 Å². The maximum absolute atomic E-state index is 9.54. The fraction of sp³-hybridized carbons (Fsp3) is 0.125. The van der Waals surface area contributed by atoms with E-state index in [9.17, 15) is 5.11 Å². The fourth-order valence-electron chi connectivity index (χ4n) is 1.01. The minimum absolute atomic E-state index is 0. The van der Waals surface area contributed by atoms with Gasteiger partial charge in [-0.3, -0.25) is 4.90 Å². The van der Waals surface area contributed by atoms with Crippen LogP contribution in [0.3, 0.4) is 0 Å². The molecule has 5 heteroatoms. The standard InChI is InChI=1S/C8H8N2OS.BrH/c1-6-7(11)10-5-3-2-4-9-8(10)12-6;/h2-5,11H,1H3;1H. The van der Waals surface area contributed by atoms with Crippen LogP contribution in [0.1, 0.15) is 6.92 Å². The number of hydrogen-bond donors (Lipinski definition) is 1. The summed E-state index contributed by atoms with van der Waals surface area (Å²) in [6, 6.07) is 0. The molecular formula is C8H9BrN2OS. The van der Waals surface area contributed by atoms with E-state index in [0.29, 0.717) is 0 Å². The van der Waals surface area contributed by atoms with Crippen molar-refractivity contribution in [2.24, 2.45) is 4.99 Å². The minimum Gasteiger partial charge on any atom is -0.494 e. The molecule has 0 fully saturated rings. The summed E-state index contributed by atoms with van der Waals surface area (Å²) in [7, 11) is 0. The summed E-state index contributed by atoms with van der Waals surface area (Å²) in [4.78, 5) is 6.70. The molecule has 70 valence electrons. The third kappa shape index (κ3) is 1.81. The molecule has 0 bridgehead atoms. The first-order valence-electron chi connectivity index (χ1n) is 3.57. The van der Waals surface area contributed by atoms with Crippen molar-refractivity contribution in [1.29, 1.82) is 0 Å². The van der Waals surface area contributed by atoms with E-state index in [-0.39, 0.29) is 22.9 Å². The van der Waals surface area contributed by atoms with E-state index in [1.54, 1.807) is 17.3 Å². The summed E-state index contributed by atoms with van der Waals surface area (Å²) in [5.41, 5.74) is 0. The van der Waals surface area contributed by atoms with Crippen molar-refractivity contribution in [3.05, 3.63) is 35.3 Å². The summed E-state index contributed by atoms with van der Waals surface area (Å²) in [6.07, 6.45) is 7.17. The van der Waals surface area contributed by atoms with Crippen molar-refractivity contribution < 1.29 is 5.11 Å². The van der Waals surface area contributed by atoms with Gasteiger partial charge in [0.2, 0.25) is 5.88 Å². The molecule has 0 aromatic rings. The monoisotopic (exact) mass is 260 g/mol. The van der Waals surface area contributed by atoms with E-state index in [2.05, 4.69) is 4.99 Å². The number of allylic oxidation sites excluding steroid dienone is 3. The van der Waals surface area contributed by atoms with Crippen LogP contribution >= 0.6 is 28.7 Å². The Labute approximate surface area is 91.3 Å². The summed E-state index contributed by atoms with van der Waals surface area (Å²) >= 11 is 1.47. The van der Waals surface area contributed by atoms with Crippen molar-refractivity contribution in [2.45, 2.75) is 6.92 Å². The zero-order chi connectivity index (χ0) is 8.55. The van der Waals surface area contributed by atoms with Gasteiger partial charge in [0, 0.05) is 12.4 Å². The maximum atomic E-state index is 9.54. The quantitative estimate of drug-likeness (QED) is 0.728. The van der Waals surface area contributed by atoms with Gasteiger partial charge in [0.05, 0.1) is 4.91 Å². The molecule has 0 atom stereocenters. The third-order valence-corrected chi connectivity index (χ3v) is 2.58. The van der Waals surface area contributed by atoms with Crippen LogP contribution in [0.15, 0.2) is 40.3 Å². The number of halogens is 1. The largest absolute Gasteiger partial charge is 0.494 e. The van der Waals surface area contributed by atoms with Gasteiger partial charge in [-0.15, -0.1) is 17.0 Å². The van der Waals surface area contributed by atoms with E-state index in [1.807, 2.05) is 19.1 Å². The molecule has 0 radical (unpaired) electrons. The van der Waals surface area contributed by atoms with Gasteiger partial charge >= 0.3 is 0 Å². The number of aliphatic imine (C=N–C) groups is 1. The van der Waals surface area contributed by atoms with E-state index in [0.717, 1.165) is 10.1 Å². The molecule has 0 aromatic carbocycles. The van der Waals surface area contributed by atoms with E-state index in [4.69, 9.17) is 0 Å². The Balaban J connectivity index is 0.000000845. The summed E-state index contributed by atoms with van der Waals surface area (Å²) in [6.45, 7) is 1.87. The first-order valence-corrected chi connectivity index (χ1v) is 4.39. The van der Waals surface area contributed by atoms with Crippen LogP contribution in [0.25, 0.3) is 0 Å². The Morgan fingerprint density at radius 2 is 2.23 bits per heavy atom. The molecule has 0 saturated heterocycles. The third-order valence-electron chi connectivity index (χ3n) is 1.61. The molecule has 2 heterocycles. The van der Waals surface area contributed by atoms with Crippen LogP contribution in [0.5, 0.6) is 0 Å². The molecule has 2 aliphatic rings. The highest BCUT2D eigenvalue weighted by Crippen LogP contribution is 2.33. The number of aliphatic hydroxyl groups is 1. The molecule has 0 saturated carbocycles. The number of thioether (sulfide) groups is 1. The second kappa shape index (κ2) is 4.02. The zero-order valence-corrected chi connectivity index (χ0v) is 9.50. The van der Waals surface area contributed by atoms with Crippen LogP contribution < -0.4 is 0 Å². The van der Waals surface area contributed by atoms with Crippen LogP contribution in [0, 0.1) is 0 Å². The van der Waals surface area contributed by atoms with Crippen LogP contribution in [-0.4, -0.2) is 15.2 Å². The van der Waals surface area contributed by atoms with Crippen molar-refractivity contribution in [3.63, 3.8) is 0 Å². The number of nitrogens with zero attached hydrogens (tertiary/aromatic N) is 2. The molecular weight excluding hydrogens is 252 g/mol. The average molecular weight is 261 g/mol. The highest BCUT2D eigenvalue weighted by Gasteiger charge is 2.24. The molecule has 13 heavy (non-hydrogen) atoms. The van der Waals surface area contributed by atoms with Crippen molar-refractivity contribution in [1.82, 2.24) is 4.90 Å². The molecule has 2 rings (SSSR count). The number of aliphatic hydroxyl groups excluding tert-OH is 1. The van der Waals surface area contributed by atoms with Crippen molar-refractivity contribution in [2.75, 3.05) is 0 Å². The van der Waals surface area contributed by atoms with Gasteiger partial charge in [0.15, 0.2) is 5.17 Å². The van der Waals surface area contributed by atoms with Gasteiger partial charge in [-0.1, -0.05) is 11.8 Å². The molecule has 3 nitrogen and oxygen atoms in total. The predicted octanol–water partition coefficient (Wildman–Crippen LogP) is 2.76. The summed E-state index contributed by atoms with van der Waals surface area (Å²) in [5.74, 6) is 0.277. The predicted molar refractivity (Wildman–Crippen MR) is 60.8 cm³/mol. The maximum Gasteiger partial charge on any atom is 0.207 e. The van der Waals surface area contributed by atoms with Gasteiger partial charge in [-0.2, -0.15) is 0 Å². The fourth-order valence-corrected chi connectivity index (χ4v) is 1.83. The smallest absolute Gasteiger partial charge is 0.207 e. The lowest BCUT2D eigenvalue weighted by Gasteiger charge is -2.10. The Morgan fingerprint density at radius 3 is 3.00 bits per heavy atom. The highest BCUT2D eigenvalue weighted by molar-refractivity contribution is 8.93. The molecule has 0 spiro atoms. The molecule has 1 N–H and O–H groups in total. The zero-order valence-electron chi connectivity index (χ0n) is 6.97. The number of hydrogen-bond acceptors (Lipinski definition) is 4. The van der Waals surface area contributed by atoms with Crippen molar-refractivity contribution in [3.8, 4) is 0 Å². The molecule has 0 unspecified atom stereocenters. The lowest BCUT2D eigenvalue weighted by Crippen LogP contribution is -2.16. The van der Waals surface area contributed by atoms with Gasteiger partial charge < -0.3 is 5.11 Å². The van der Waals surface area contributed by atoms with Crippen LogP contribution in [-0.2, 0) is 0 Å². The van der Waals surface area contributed by atoms with Gasteiger partial charge in [0.1, 0.15) is 0 Å². The van der Waals surface area contributed by atoms with Gasteiger partial charge in [-0.25, -0.2) is 4.99 Å². The van der Waals surface area contributed by atoms with Gasteiger partial charge in [-0.05, 0) is 19.1 Å². The average Bonchev–Trinajstić information content (AvgIpc) is 2.30. The SMILES string of the molecule is Br.CC1=C(O)N2C=CC=CN=C2S1. The topological polar surface area (TPSA) is 35.8 Å². The Morgan fingerprint density at radius 1 is 1.46 bits per heavy atom. The first-order chi connectivity index (χ1) is 5.79. The highest BCUT2D eigenvalue weighted by atomic mass is 79.9. The lowest BCUT2D eigenvalue weighted by molar-refractivity contribution is 0.318. The number of fused-ring (bicyclic) bond motifs is 1. The molecule has 0 aromatic heterocycles. The van der Waals surface area contributed by atoms with E-state index in [1.165, 1.54) is 11.8 Å². The Bertz CT molecular complexity index is 333. The lowest BCUT2D eigenvalue weighted by atomic mass is 10.5. The normalized spacial score (nSPS) is 19.5. The molecule has 2 aliphatic heterocycles. The second-order valence-corrected chi connectivity index (χ2v) is 3.63.